The second kappa shape index (κ2) is 12.0. The molecule has 0 radical (unpaired) electrons. The van der Waals surface area contributed by atoms with Crippen molar-refractivity contribution in [2.45, 2.75) is 38.2 Å². The SMILES string of the molecule is COc1ccc2nccc([C@H](O)CC[C@@H]3CCN(CC#Cc4nccn4C)C[C@H]3CCC(=O)O)c2c1. The highest BCUT2D eigenvalue weighted by Crippen LogP contribution is 2.35. The first-order valence-electron chi connectivity index (χ1n) is 12.5. The van der Waals surface area contributed by atoms with Gasteiger partial charge in [-0.1, -0.05) is 5.92 Å². The zero-order chi connectivity index (χ0) is 25.5. The minimum atomic E-state index is -0.766. The number of aryl methyl sites for hydroxylation is 1. The van der Waals surface area contributed by atoms with Crippen LogP contribution in [0.25, 0.3) is 10.9 Å². The largest absolute Gasteiger partial charge is 0.497 e. The number of aliphatic hydroxyl groups excluding tert-OH is 1. The second-order valence-corrected chi connectivity index (χ2v) is 9.52. The van der Waals surface area contributed by atoms with Gasteiger partial charge in [-0.25, -0.2) is 4.98 Å². The third-order valence-electron chi connectivity index (χ3n) is 7.18. The number of imidazole rings is 1. The molecule has 190 valence electrons. The lowest BCUT2D eigenvalue weighted by atomic mass is 9.79. The molecule has 1 aliphatic heterocycles. The molecule has 1 aromatic carbocycles. The van der Waals surface area contributed by atoms with E-state index in [1.165, 1.54) is 0 Å². The average molecular weight is 491 g/mol. The summed E-state index contributed by atoms with van der Waals surface area (Å²) in [7, 11) is 3.55. The number of benzene rings is 1. The van der Waals surface area contributed by atoms with E-state index in [-0.39, 0.29) is 12.3 Å². The fourth-order valence-corrected chi connectivity index (χ4v) is 5.12. The van der Waals surface area contributed by atoms with Crippen molar-refractivity contribution in [2.24, 2.45) is 18.9 Å². The van der Waals surface area contributed by atoms with Crippen LogP contribution in [0.5, 0.6) is 5.75 Å². The van der Waals surface area contributed by atoms with Gasteiger partial charge in [0.05, 0.1) is 25.3 Å². The molecule has 1 fully saturated rings. The number of aliphatic carboxylic acids is 1. The zero-order valence-electron chi connectivity index (χ0n) is 20.9. The van der Waals surface area contributed by atoms with E-state index in [0.717, 1.165) is 54.0 Å². The number of pyridine rings is 1. The Morgan fingerprint density at radius 1 is 1.22 bits per heavy atom. The van der Waals surface area contributed by atoms with Gasteiger partial charge in [-0.15, -0.1) is 0 Å². The van der Waals surface area contributed by atoms with E-state index in [2.05, 4.69) is 26.7 Å². The molecule has 0 aliphatic carbocycles. The Balaban J connectivity index is 1.40. The van der Waals surface area contributed by atoms with Crippen molar-refractivity contribution in [3.8, 4) is 17.6 Å². The van der Waals surface area contributed by atoms with E-state index in [4.69, 9.17) is 4.74 Å². The Bertz CT molecular complexity index is 1250. The quantitative estimate of drug-likeness (QED) is 0.442. The molecule has 0 amide bonds. The van der Waals surface area contributed by atoms with Crippen molar-refractivity contribution in [1.29, 1.82) is 0 Å². The van der Waals surface area contributed by atoms with E-state index >= 15 is 0 Å². The van der Waals surface area contributed by atoms with Gasteiger partial charge in [0.2, 0.25) is 0 Å². The molecule has 0 bridgehead atoms. The number of carbonyl (C=O) groups is 1. The number of ether oxygens (including phenoxy) is 1. The number of carboxylic acids is 1. The van der Waals surface area contributed by atoms with Crippen LogP contribution in [0, 0.1) is 23.7 Å². The highest BCUT2D eigenvalue weighted by Gasteiger charge is 2.30. The third-order valence-corrected chi connectivity index (χ3v) is 7.18. The number of carboxylic acid groups (broad SMARTS) is 1. The summed E-state index contributed by atoms with van der Waals surface area (Å²) in [6, 6.07) is 7.56. The van der Waals surface area contributed by atoms with E-state index in [9.17, 15) is 15.0 Å². The fourth-order valence-electron chi connectivity index (χ4n) is 5.12. The number of hydrogen-bond donors (Lipinski definition) is 2. The van der Waals surface area contributed by atoms with Gasteiger partial charge in [-0.2, -0.15) is 0 Å². The molecule has 8 nitrogen and oxygen atoms in total. The van der Waals surface area contributed by atoms with Gasteiger partial charge in [0.15, 0.2) is 5.82 Å². The maximum Gasteiger partial charge on any atom is 0.303 e. The Kier molecular flexibility index (Phi) is 8.57. The first-order valence-corrected chi connectivity index (χ1v) is 12.5. The molecule has 1 saturated heterocycles. The minimum absolute atomic E-state index is 0.158. The molecular weight excluding hydrogens is 456 g/mol. The van der Waals surface area contributed by atoms with Gasteiger partial charge in [0, 0.05) is 44.0 Å². The van der Waals surface area contributed by atoms with E-state index in [0.29, 0.717) is 25.3 Å². The summed E-state index contributed by atoms with van der Waals surface area (Å²) in [4.78, 5) is 22.2. The van der Waals surface area contributed by atoms with Crippen molar-refractivity contribution in [2.75, 3.05) is 26.7 Å². The van der Waals surface area contributed by atoms with Crippen molar-refractivity contribution in [1.82, 2.24) is 19.4 Å². The first-order chi connectivity index (χ1) is 17.4. The topological polar surface area (TPSA) is 101 Å². The number of hydrogen-bond acceptors (Lipinski definition) is 6. The normalized spacial score (nSPS) is 19.0. The molecule has 0 spiro atoms. The predicted molar refractivity (Wildman–Crippen MR) is 137 cm³/mol. The highest BCUT2D eigenvalue weighted by molar-refractivity contribution is 5.83. The monoisotopic (exact) mass is 490 g/mol. The number of piperidine rings is 1. The van der Waals surface area contributed by atoms with E-state index < -0.39 is 12.1 Å². The lowest BCUT2D eigenvalue weighted by Crippen LogP contribution is -2.41. The van der Waals surface area contributed by atoms with Crippen molar-refractivity contribution >= 4 is 16.9 Å². The Morgan fingerprint density at radius 3 is 2.83 bits per heavy atom. The Morgan fingerprint density at radius 2 is 2.08 bits per heavy atom. The minimum Gasteiger partial charge on any atom is -0.497 e. The number of likely N-dealkylation sites (tertiary alicyclic amines) is 1. The van der Waals surface area contributed by atoms with Crippen LogP contribution in [-0.4, -0.2) is 62.4 Å². The first kappa shape index (κ1) is 25.7. The van der Waals surface area contributed by atoms with Gasteiger partial charge >= 0.3 is 5.97 Å². The lowest BCUT2D eigenvalue weighted by molar-refractivity contribution is -0.137. The van der Waals surface area contributed by atoms with Gasteiger partial charge in [0.25, 0.3) is 0 Å². The molecule has 3 atom stereocenters. The van der Waals surface area contributed by atoms with Crippen LogP contribution >= 0.6 is 0 Å². The maximum absolute atomic E-state index is 11.3. The van der Waals surface area contributed by atoms with Crippen LogP contribution in [0.15, 0.2) is 42.9 Å². The van der Waals surface area contributed by atoms with Crippen molar-refractivity contribution < 1.29 is 19.7 Å². The van der Waals surface area contributed by atoms with Gasteiger partial charge in [0.1, 0.15) is 5.75 Å². The Hall–Kier alpha value is -3.41. The molecular formula is C28H34N4O4. The number of rotatable bonds is 9. The Labute approximate surface area is 211 Å². The molecule has 3 heterocycles. The smallest absolute Gasteiger partial charge is 0.303 e. The van der Waals surface area contributed by atoms with Gasteiger partial charge in [-0.3, -0.25) is 14.7 Å². The molecule has 8 heteroatoms. The standard InChI is InChI=1S/C28H34N4O4/c1-31-17-14-30-27(31)4-3-15-32-16-12-20(21(19-32)6-10-28(34)35)5-9-26(33)23-11-13-29-25-8-7-22(36-2)18-24(23)25/h7-8,11,13-14,17-18,20-21,26,33H,5-6,9-10,12,15-16,19H2,1-2H3,(H,34,35)/t20-,21-,26-/m1/s1. The zero-order valence-corrected chi connectivity index (χ0v) is 20.9. The lowest BCUT2D eigenvalue weighted by Gasteiger charge is -2.38. The highest BCUT2D eigenvalue weighted by atomic mass is 16.5. The van der Waals surface area contributed by atoms with Crippen LogP contribution in [0.4, 0.5) is 0 Å². The molecule has 2 N–H and O–H groups in total. The summed E-state index contributed by atoms with van der Waals surface area (Å²) in [5.41, 5.74) is 1.68. The molecule has 36 heavy (non-hydrogen) atoms. The van der Waals surface area contributed by atoms with Crippen LogP contribution in [0.2, 0.25) is 0 Å². The summed E-state index contributed by atoms with van der Waals surface area (Å²) in [6.07, 6.45) is 7.92. The summed E-state index contributed by atoms with van der Waals surface area (Å²) in [5, 5.41) is 21.3. The molecule has 0 saturated carbocycles. The van der Waals surface area contributed by atoms with Crippen molar-refractivity contribution in [3.63, 3.8) is 0 Å². The summed E-state index contributed by atoms with van der Waals surface area (Å²) in [5.74, 6) is 7.66. The van der Waals surface area contributed by atoms with Crippen LogP contribution in [0.1, 0.15) is 49.6 Å². The van der Waals surface area contributed by atoms with Gasteiger partial charge in [-0.05, 0) is 79.8 Å². The number of aliphatic hydroxyl groups is 1. The summed E-state index contributed by atoms with van der Waals surface area (Å²) in [6.45, 7) is 2.37. The molecule has 0 unspecified atom stereocenters. The molecule has 1 aliphatic rings. The molecule has 3 aromatic rings. The van der Waals surface area contributed by atoms with Crippen LogP contribution < -0.4 is 4.74 Å². The summed E-state index contributed by atoms with van der Waals surface area (Å²) >= 11 is 0. The van der Waals surface area contributed by atoms with Gasteiger partial charge < -0.3 is 19.5 Å². The number of methoxy groups -OCH3 is 1. The number of aromatic nitrogens is 3. The maximum atomic E-state index is 11.3. The van der Waals surface area contributed by atoms with E-state index in [1.807, 2.05) is 42.1 Å². The average Bonchev–Trinajstić information content (AvgIpc) is 3.30. The molecule has 4 rings (SSSR count). The van der Waals surface area contributed by atoms with Crippen LogP contribution in [0.3, 0.4) is 0 Å². The van der Waals surface area contributed by atoms with Crippen LogP contribution in [-0.2, 0) is 11.8 Å². The fraction of sp³-hybridized carbons (Fsp3) is 0.464. The number of nitrogens with zero attached hydrogens (tertiary/aromatic N) is 4. The van der Waals surface area contributed by atoms with E-state index in [1.54, 1.807) is 19.5 Å². The number of fused-ring (bicyclic) bond motifs is 1. The molecule has 2 aromatic heterocycles. The predicted octanol–water partition coefficient (Wildman–Crippen LogP) is 3.65. The summed E-state index contributed by atoms with van der Waals surface area (Å²) < 4.78 is 7.25. The van der Waals surface area contributed by atoms with Crippen molar-refractivity contribution in [3.05, 3.63) is 54.2 Å². The second-order valence-electron chi connectivity index (χ2n) is 9.52. The third kappa shape index (κ3) is 6.42.